The van der Waals surface area contributed by atoms with Gasteiger partial charge in [0.2, 0.25) is 11.8 Å². The Morgan fingerprint density at radius 1 is 1.44 bits per heavy atom. The predicted octanol–water partition coefficient (Wildman–Crippen LogP) is -0.793. The smallest absolute Gasteiger partial charge is 0.236 e. The van der Waals surface area contributed by atoms with Gasteiger partial charge in [0.15, 0.2) is 0 Å². The van der Waals surface area contributed by atoms with Crippen LogP contribution in [0.1, 0.15) is 12.8 Å². The van der Waals surface area contributed by atoms with Gasteiger partial charge in [-0.15, -0.1) is 0 Å². The van der Waals surface area contributed by atoms with E-state index in [4.69, 9.17) is 4.74 Å². The first-order valence-corrected chi connectivity index (χ1v) is 6.38. The Hall–Kier alpha value is -1.14. The third-order valence-electron chi connectivity index (χ3n) is 3.15. The Balaban J connectivity index is 2.31. The quantitative estimate of drug-likeness (QED) is 0.612. The normalized spacial score (nSPS) is 19.7. The van der Waals surface area contributed by atoms with Crippen molar-refractivity contribution in [3.63, 3.8) is 0 Å². The molecule has 2 N–H and O–H groups in total. The minimum absolute atomic E-state index is 0.0276. The molecular weight excluding hydrogens is 234 g/mol. The number of rotatable bonds is 6. The lowest BCUT2D eigenvalue weighted by atomic mass is 9.97. The molecule has 104 valence electrons. The standard InChI is InChI=1S/C12H23N3O3/c1-13-12(17)10-4-3-6-15(9-10)11(16)8-14-5-7-18-2/h10,14H,3-9H2,1-2H3,(H,13,17). The molecule has 0 aromatic rings. The molecule has 1 saturated heterocycles. The van der Waals surface area contributed by atoms with Gasteiger partial charge >= 0.3 is 0 Å². The molecule has 1 rings (SSSR count). The first-order valence-electron chi connectivity index (χ1n) is 6.38. The fourth-order valence-electron chi connectivity index (χ4n) is 2.10. The summed E-state index contributed by atoms with van der Waals surface area (Å²) in [6, 6.07) is 0. The van der Waals surface area contributed by atoms with Gasteiger partial charge in [0.05, 0.1) is 19.1 Å². The molecule has 1 unspecified atom stereocenters. The maximum atomic E-state index is 11.9. The SMILES string of the molecule is CNC(=O)C1CCCN(C(=O)CNCCOC)C1. The summed E-state index contributed by atoms with van der Waals surface area (Å²) in [5.74, 6) is 0.0197. The second-order valence-corrected chi connectivity index (χ2v) is 4.46. The third-order valence-corrected chi connectivity index (χ3v) is 3.15. The number of nitrogens with one attached hydrogen (secondary N) is 2. The Kier molecular flexibility index (Phi) is 6.67. The highest BCUT2D eigenvalue weighted by Crippen LogP contribution is 2.16. The van der Waals surface area contributed by atoms with Crippen molar-refractivity contribution in [1.29, 1.82) is 0 Å². The van der Waals surface area contributed by atoms with Crippen LogP contribution in [0.3, 0.4) is 0 Å². The van der Waals surface area contributed by atoms with Crippen molar-refractivity contribution in [3.05, 3.63) is 0 Å². The first-order chi connectivity index (χ1) is 8.69. The molecule has 0 aromatic carbocycles. The van der Waals surface area contributed by atoms with Crippen LogP contribution in [-0.4, -0.2) is 63.7 Å². The lowest BCUT2D eigenvalue weighted by molar-refractivity contribution is -0.134. The van der Waals surface area contributed by atoms with Crippen molar-refractivity contribution in [3.8, 4) is 0 Å². The van der Waals surface area contributed by atoms with E-state index in [0.717, 1.165) is 19.4 Å². The lowest BCUT2D eigenvalue weighted by Gasteiger charge is -2.31. The highest BCUT2D eigenvalue weighted by Gasteiger charge is 2.27. The number of piperidine rings is 1. The third kappa shape index (κ3) is 4.62. The minimum atomic E-state index is -0.0633. The van der Waals surface area contributed by atoms with Crippen LogP contribution < -0.4 is 10.6 Å². The minimum Gasteiger partial charge on any atom is -0.383 e. The average molecular weight is 257 g/mol. The van der Waals surface area contributed by atoms with Crippen molar-refractivity contribution < 1.29 is 14.3 Å². The van der Waals surface area contributed by atoms with Gasteiger partial charge in [-0.25, -0.2) is 0 Å². The molecule has 0 aliphatic carbocycles. The van der Waals surface area contributed by atoms with E-state index in [0.29, 0.717) is 26.2 Å². The largest absolute Gasteiger partial charge is 0.383 e. The van der Waals surface area contributed by atoms with Crippen LogP contribution in [0, 0.1) is 5.92 Å². The molecule has 6 nitrogen and oxygen atoms in total. The van der Waals surface area contributed by atoms with Gasteiger partial charge in [0.25, 0.3) is 0 Å². The number of nitrogens with zero attached hydrogens (tertiary/aromatic N) is 1. The van der Waals surface area contributed by atoms with Gasteiger partial charge in [-0.3, -0.25) is 9.59 Å². The molecule has 0 bridgehead atoms. The van der Waals surface area contributed by atoms with E-state index >= 15 is 0 Å². The topological polar surface area (TPSA) is 70.7 Å². The van der Waals surface area contributed by atoms with Crippen LogP contribution in [0.25, 0.3) is 0 Å². The number of carbonyl (C=O) groups is 2. The Morgan fingerprint density at radius 2 is 2.22 bits per heavy atom. The summed E-state index contributed by atoms with van der Waals surface area (Å²) in [7, 11) is 3.26. The molecule has 1 aliphatic rings. The summed E-state index contributed by atoms with van der Waals surface area (Å²) in [4.78, 5) is 25.2. The van der Waals surface area contributed by atoms with Gasteiger partial charge in [-0.05, 0) is 12.8 Å². The number of carbonyl (C=O) groups excluding carboxylic acids is 2. The van der Waals surface area contributed by atoms with Gasteiger partial charge < -0.3 is 20.3 Å². The Labute approximate surface area is 108 Å². The van der Waals surface area contributed by atoms with Crippen LogP contribution in [0.4, 0.5) is 0 Å². The molecule has 2 amide bonds. The van der Waals surface area contributed by atoms with Crippen molar-refractivity contribution in [2.24, 2.45) is 5.92 Å². The Morgan fingerprint density at radius 3 is 2.89 bits per heavy atom. The maximum Gasteiger partial charge on any atom is 0.236 e. The van der Waals surface area contributed by atoms with Gasteiger partial charge in [0, 0.05) is 33.8 Å². The number of methoxy groups -OCH3 is 1. The molecule has 6 heteroatoms. The molecule has 0 radical (unpaired) electrons. The van der Waals surface area contributed by atoms with Gasteiger partial charge in [-0.2, -0.15) is 0 Å². The van der Waals surface area contributed by atoms with Crippen LogP contribution in [0.5, 0.6) is 0 Å². The molecular formula is C12H23N3O3. The summed E-state index contributed by atoms with van der Waals surface area (Å²) >= 11 is 0. The lowest BCUT2D eigenvalue weighted by Crippen LogP contribution is -2.47. The van der Waals surface area contributed by atoms with Crippen LogP contribution in [0.2, 0.25) is 0 Å². The van der Waals surface area contributed by atoms with Crippen LogP contribution >= 0.6 is 0 Å². The molecule has 1 heterocycles. The summed E-state index contributed by atoms with van der Waals surface area (Å²) in [5, 5.41) is 5.67. The zero-order chi connectivity index (χ0) is 13.4. The van der Waals surface area contributed by atoms with Crippen molar-refractivity contribution in [2.75, 3.05) is 46.9 Å². The molecule has 0 aromatic heterocycles. The van der Waals surface area contributed by atoms with E-state index in [2.05, 4.69) is 10.6 Å². The molecule has 1 aliphatic heterocycles. The number of amides is 2. The monoisotopic (exact) mass is 257 g/mol. The fraction of sp³-hybridized carbons (Fsp3) is 0.833. The van der Waals surface area contributed by atoms with Crippen molar-refractivity contribution in [1.82, 2.24) is 15.5 Å². The summed E-state index contributed by atoms with van der Waals surface area (Å²) < 4.78 is 4.89. The summed E-state index contributed by atoms with van der Waals surface area (Å²) in [6.07, 6.45) is 1.75. The number of hydrogen-bond acceptors (Lipinski definition) is 4. The second-order valence-electron chi connectivity index (χ2n) is 4.46. The average Bonchev–Trinajstić information content (AvgIpc) is 2.42. The van der Waals surface area contributed by atoms with E-state index in [-0.39, 0.29) is 17.7 Å². The molecule has 1 fully saturated rings. The van der Waals surface area contributed by atoms with Gasteiger partial charge in [-0.1, -0.05) is 0 Å². The van der Waals surface area contributed by atoms with E-state index in [1.165, 1.54) is 0 Å². The first kappa shape index (κ1) is 14.9. The maximum absolute atomic E-state index is 11.9. The zero-order valence-corrected chi connectivity index (χ0v) is 11.2. The Bertz CT molecular complexity index is 284. The van der Waals surface area contributed by atoms with E-state index in [1.54, 1.807) is 19.1 Å². The molecule has 0 saturated carbocycles. The zero-order valence-electron chi connectivity index (χ0n) is 11.2. The van der Waals surface area contributed by atoms with Crippen LogP contribution in [-0.2, 0) is 14.3 Å². The number of hydrogen-bond donors (Lipinski definition) is 2. The highest BCUT2D eigenvalue weighted by atomic mass is 16.5. The molecule has 0 spiro atoms. The van der Waals surface area contributed by atoms with Crippen molar-refractivity contribution in [2.45, 2.75) is 12.8 Å². The fourth-order valence-corrected chi connectivity index (χ4v) is 2.10. The summed E-state index contributed by atoms with van der Waals surface area (Å²) in [6.45, 7) is 2.84. The molecule has 1 atom stereocenters. The predicted molar refractivity (Wildman–Crippen MR) is 68.1 cm³/mol. The van der Waals surface area contributed by atoms with Crippen molar-refractivity contribution >= 4 is 11.8 Å². The number of likely N-dealkylation sites (tertiary alicyclic amines) is 1. The van der Waals surface area contributed by atoms with Gasteiger partial charge in [0.1, 0.15) is 0 Å². The summed E-state index contributed by atoms with van der Waals surface area (Å²) in [5.41, 5.74) is 0. The highest BCUT2D eigenvalue weighted by molar-refractivity contribution is 5.81. The van der Waals surface area contributed by atoms with Crippen LogP contribution in [0.15, 0.2) is 0 Å². The second kappa shape index (κ2) is 8.05. The van der Waals surface area contributed by atoms with E-state index < -0.39 is 0 Å². The molecule has 18 heavy (non-hydrogen) atoms. The van der Waals surface area contributed by atoms with E-state index in [1.807, 2.05) is 0 Å². The van der Waals surface area contributed by atoms with E-state index in [9.17, 15) is 9.59 Å². The number of ether oxygens (including phenoxy) is 1.